The number of nitro groups is 1. The standard InChI is InChI=1S/C7H6ClNO3S.C2H6/c1-12-6-4-5(9(10)11)2-3-7(6)13-8;1-2/h2-4H,1H3;1-2H3. The zero-order valence-corrected chi connectivity index (χ0v) is 10.3. The largest absolute Gasteiger partial charge is 0.495 e. The highest BCUT2D eigenvalue weighted by atomic mass is 35.7. The maximum absolute atomic E-state index is 10.4. The van der Waals surface area contributed by atoms with Gasteiger partial charge in [-0.25, -0.2) is 0 Å². The molecule has 0 aliphatic carbocycles. The van der Waals surface area contributed by atoms with E-state index >= 15 is 0 Å². The fourth-order valence-corrected chi connectivity index (χ4v) is 1.55. The van der Waals surface area contributed by atoms with Crippen LogP contribution in [0.25, 0.3) is 0 Å². The van der Waals surface area contributed by atoms with Gasteiger partial charge in [-0.05, 0) is 27.7 Å². The summed E-state index contributed by atoms with van der Waals surface area (Å²) in [6.07, 6.45) is 0. The van der Waals surface area contributed by atoms with Gasteiger partial charge in [-0.2, -0.15) is 0 Å². The summed E-state index contributed by atoms with van der Waals surface area (Å²) in [4.78, 5) is 10.6. The average Bonchev–Trinajstić information content (AvgIpc) is 2.30. The number of non-ortho nitro benzene ring substituents is 1. The molecule has 0 heterocycles. The first-order valence-corrected chi connectivity index (χ1v) is 5.94. The van der Waals surface area contributed by atoms with Crippen molar-refractivity contribution < 1.29 is 9.66 Å². The summed E-state index contributed by atoms with van der Waals surface area (Å²) in [5.41, 5.74) is -0.00804. The molecule has 0 saturated heterocycles. The molecule has 0 saturated carbocycles. The Hall–Kier alpha value is -0.940. The predicted octanol–water partition coefficient (Wildman–Crippen LogP) is 3.88. The molecule has 1 rings (SSSR count). The highest BCUT2D eigenvalue weighted by Gasteiger charge is 2.10. The Morgan fingerprint density at radius 1 is 1.47 bits per heavy atom. The van der Waals surface area contributed by atoms with E-state index in [9.17, 15) is 10.1 Å². The molecule has 84 valence electrons. The first kappa shape index (κ1) is 14.1. The Balaban J connectivity index is 0.000000921. The summed E-state index contributed by atoms with van der Waals surface area (Å²) in [7, 11) is 7.91. The minimum Gasteiger partial charge on any atom is -0.495 e. The number of methoxy groups -OCH3 is 1. The van der Waals surface area contributed by atoms with Crippen LogP contribution in [0.3, 0.4) is 0 Å². The van der Waals surface area contributed by atoms with E-state index in [-0.39, 0.29) is 5.69 Å². The third-order valence-corrected chi connectivity index (χ3v) is 2.44. The van der Waals surface area contributed by atoms with Crippen LogP contribution in [0.15, 0.2) is 23.1 Å². The summed E-state index contributed by atoms with van der Waals surface area (Å²) in [6, 6.07) is 4.27. The molecule has 0 spiro atoms. The lowest BCUT2D eigenvalue weighted by atomic mass is 10.3. The van der Waals surface area contributed by atoms with Crippen LogP contribution in [0.4, 0.5) is 5.69 Å². The predicted molar refractivity (Wildman–Crippen MR) is 62.7 cm³/mol. The summed E-state index contributed by atoms with van der Waals surface area (Å²) < 4.78 is 4.92. The maximum atomic E-state index is 10.4. The molecule has 0 aromatic heterocycles. The molecule has 0 aliphatic rings. The van der Waals surface area contributed by atoms with Crippen molar-refractivity contribution in [2.75, 3.05) is 7.11 Å². The van der Waals surface area contributed by atoms with Gasteiger partial charge in [0, 0.05) is 6.07 Å². The number of nitrogens with zero attached hydrogens (tertiary/aromatic N) is 1. The summed E-state index contributed by atoms with van der Waals surface area (Å²) in [6.45, 7) is 4.00. The Morgan fingerprint density at radius 3 is 2.47 bits per heavy atom. The first-order valence-electron chi connectivity index (χ1n) is 4.30. The number of benzene rings is 1. The molecule has 6 heteroatoms. The van der Waals surface area contributed by atoms with Gasteiger partial charge in [-0.1, -0.05) is 13.8 Å². The molecule has 0 atom stereocenters. The van der Waals surface area contributed by atoms with Crippen LogP contribution in [0.5, 0.6) is 5.75 Å². The number of hydrogen-bond acceptors (Lipinski definition) is 4. The van der Waals surface area contributed by atoms with Gasteiger partial charge in [0.15, 0.2) is 0 Å². The van der Waals surface area contributed by atoms with Crippen molar-refractivity contribution >= 4 is 27.3 Å². The van der Waals surface area contributed by atoms with Crippen molar-refractivity contribution in [2.45, 2.75) is 18.7 Å². The van der Waals surface area contributed by atoms with E-state index in [1.165, 1.54) is 19.2 Å². The van der Waals surface area contributed by atoms with Crippen molar-refractivity contribution in [3.8, 4) is 5.75 Å². The molecule has 0 N–H and O–H groups in total. The second-order valence-corrected chi connectivity index (χ2v) is 3.23. The van der Waals surface area contributed by atoms with E-state index in [0.29, 0.717) is 10.6 Å². The van der Waals surface area contributed by atoms with Gasteiger partial charge in [-0.3, -0.25) is 10.1 Å². The number of ether oxygens (including phenoxy) is 1. The van der Waals surface area contributed by atoms with Gasteiger partial charge >= 0.3 is 0 Å². The van der Waals surface area contributed by atoms with E-state index in [1.807, 2.05) is 13.8 Å². The smallest absolute Gasteiger partial charge is 0.273 e. The zero-order valence-electron chi connectivity index (χ0n) is 8.69. The van der Waals surface area contributed by atoms with E-state index in [4.69, 9.17) is 15.4 Å². The maximum Gasteiger partial charge on any atom is 0.273 e. The van der Waals surface area contributed by atoms with Crippen molar-refractivity contribution in [2.24, 2.45) is 0 Å². The number of rotatable bonds is 3. The minimum absolute atomic E-state index is 0.00804. The van der Waals surface area contributed by atoms with Crippen LogP contribution >= 0.6 is 21.7 Å². The highest BCUT2D eigenvalue weighted by molar-refractivity contribution is 8.21. The molecule has 0 bridgehead atoms. The fraction of sp³-hybridized carbons (Fsp3) is 0.333. The molecule has 0 radical (unpaired) electrons. The lowest BCUT2D eigenvalue weighted by Crippen LogP contribution is -1.90. The number of nitro benzene ring substituents is 1. The lowest BCUT2D eigenvalue weighted by Gasteiger charge is -2.03. The molecule has 0 aliphatic heterocycles. The summed E-state index contributed by atoms with van der Waals surface area (Å²) in [5.74, 6) is 0.411. The average molecular weight is 250 g/mol. The zero-order chi connectivity index (χ0) is 11.8. The molecule has 4 nitrogen and oxygen atoms in total. The molecule has 0 fully saturated rings. The monoisotopic (exact) mass is 249 g/mol. The SMILES string of the molecule is CC.COc1cc([N+](=O)[O-])ccc1SCl. The number of halogens is 1. The quantitative estimate of drug-likeness (QED) is 0.603. The van der Waals surface area contributed by atoms with Crippen LogP contribution < -0.4 is 4.74 Å². The third-order valence-electron chi connectivity index (χ3n) is 1.44. The van der Waals surface area contributed by atoms with Gasteiger partial charge in [0.05, 0.1) is 23.0 Å². The van der Waals surface area contributed by atoms with Crippen molar-refractivity contribution in [1.82, 2.24) is 0 Å². The molecular formula is C9H12ClNO3S. The number of hydrogen-bond donors (Lipinski definition) is 0. The van der Waals surface area contributed by atoms with Gasteiger partial charge in [-0.15, -0.1) is 0 Å². The van der Waals surface area contributed by atoms with E-state index in [1.54, 1.807) is 6.07 Å². The van der Waals surface area contributed by atoms with E-state index < -0.39 is 4.92 Å². The van der Waals surface area contributed by atoms with Gasteiger partial charge in [0.25, 0.3) is 5.69 Å². The van der Waals surface area contributed by atoms with Crippen LogP contribution in [0, 0.1) is 10.1 Å². The summed E-state index contributed by atoms with van der Waals surface area (Å²) >= 11 is 0. The minimum atomic E-state index is -0.481. The molecule has 0 unspecified atom stereocenters. The molecular weight excluding hydrogens is 238 g/mol. The Kier molecular flexibility index (Phi) is 6.90. The molecule has 15 heavy (non-hydrogen) atoms. The van der Waals surface area contributed by atoms with Gasteiger partial charge in [0.2, 0.25) is 0 Å². The van der Waals surface area contributed by atoms with Crippen LogP contribution in [0.1, 0.15) is 13.8 Å². The Labute approximate surface area is 97.2 Å². The Morgan fingerprint density at radius 2 is 2.07 bits per heavy atom. The van der Waals surface area contributed by atoms with Gasteiger partial charge < -0.3 is 4.74 Å². The van der Waals surface area contributed by atoms with Crippen molar-refractivity contribution in [3.63, 3.8) is 0 Å². The second kappa shape index (κ2) is 7.36. The first-order chi connectivity index (χ1) is 7.19. The van der Waals surface area contributed by atoms with E-state index in [0.717, 1.165) is 11.0 Å². The van der Waals surface area contributed by atoms with Crippen LogP contribution in [-0.2, 0) is 0 Å². The normalized spacial score (nSPS) is 8.80. The second-order valence-electron chi connectivity index (χ2n) is 2.17. The highest BCUT2D eigenvalue weighted by Crippen LogP contribution is 2.34. The molecule has 1 aromatic carbocycles. The molecule has 1 aromatic rings. The Bertz CT molecular complexity index is 333. The fourth-order valence-electron chi connectivity index (χ4n) is 0.834. The van der Waals surface area contributed by atoms with Crippen LogP contribution in [-0.4, -0.2) is 12.0 Å². The van der Waals surface area contributed by atoms with Crippen molar-refractivity contribution in [3.05, 3.63) is 28.3 Å². The third kappa shape index (κ3) is 3.97. The van der Waals surface area contributed by atoms with E-state index in [2.05, 4.69) is 0 Å². The van der Waals surface area contributed by atoms with Crippen molar-refractivity contribution in [1.29, 1.82) is 0 Å². The van der Waals surface area contributed by atoms with Crippen LogP contribution in [0.2, 0.25) is 0 Å². The molecule has 0 amide bonds. The van der Waals surface area contributed by atoms with Gasteiger partial charge in [0.1, 0.15) is 5.75 Å². The summed E-state index contributed by atoms with van der Waals surface area (Å²) in [5, 5.41) is 10.4. The topological polar surface area (TPSA) is 52.4 Å². The lowest BCUT2D eigenvalue weighted by molar-refractivity contribution is -0.385.